The molecule has 3 aliphatic heterocycles. The van der Waals surface area contributed by atoms with E-state index in [2.05, 4.69) is 31.3 Å². The zero-order chi connectivity index (χ0) is 43.4. The Balaban J connectivity index is 0.709. The maximum Gasteiger partial charge on any atom is 0.256 e. The largest absolute Gasteiger partial charge is 0.374 e. The number of unbranched alkanes of at least 4 members (excludes halogenated alkanes) is 5. The predicted molar refractivity (Wildman–Crippen MR) is 231 cm³/mol. The molecule has 2 aromatic heterocycles. The lowest BCUT2D eigenvalue weighted by Gasteiger charge is -2.36. The number of nitrogens with zero attached hydrogens (tertiary/aromatic N) is 6. The molecule has 0 radical (unpaired) electrons. The van der Waals surface area contributed by atoms with Crippen LogP contribution >= 0.6 is 0 Å². The second kappa shape index (κ2) is 21.1. The Morgan fingerprint density at radius 1 is 0.806 bits per heavy atom. The fraction of sp³-hybridized carbons (Fsp3) is 0.489. The van der Waals surface area contributed by atoms with Gasteiger partial charge in [-0.25, -0.2) is 18.3 Å². The average molecular weight is 855 g/mol. The van der Waals surface area contributed by atoms with Gasteiger partial charge in [-0.2, -0.15) is 5.10 Å². The van der Waals surface area contributed by atoms with Crippen molar-refractivity contribution in [2.45, 2.75) is 95.6 Å². The Morgan fingerprint density at radius 2 is 1.55 bits per heavy atom. The van der Waals surface area contributed by atoms with Crippen LogP contribution in [-0.2, 0) is 19.2 Å². The third kappa shape index (κ3) is 11.4. The van der Waals surface area contributed by atoms with Crippen molar-refractivity contribution in [2.24, 2.45) is 0 Å². The van der Waals surface area contributed by atoms with Gasteiger partial charge in [0, 0.05) is 88.2 Å². The smallest absolute Gasteiger partial charge is 0.256 e. The summed E-state index contributed by atoms with van der Waals surface area (Å²) < 4.78 is 30.1. The monoisotopic (exact) mass is 854 g/mol. The van der Waals surface area contributed by atoms with Crippen LogP contribution in [0.15, 0.2) is 60.9 Å². The summed E-state index contributed by atoms with van der Waals surface area (Å²) in [5.41, 5.74) is 2.84. The van der Waals surface area contributed by atoms with Crippen LogP contribution in [-0.4, -0.2) is 101 Å². The SMILES string of the molecule is O=C(CCCCCCCCC(=O)N1CCN(c2ccc(NC3CCC(=O)NC3=O)cc2)CC1)NCCCNC(=O)c1cnn2ccc(N3CCC[C@@H]3c3cc(F)ccc3F)nc12. The van der Waals surface area contributed by atoms with Crippen molar-refractivity contribution >= 4 is 52.4 Å². The molecular weight excluding hydrogens is 799 g/mol. The number of piperidine rings is 1. The molecule has 4 aromatic rings. The van der Waals surface area contributed by atoms with Crippen LogP contribution in [0.3, 0.4) is 0 Å². The summed E-state index contributed by atoms with van der Waals surface area (Å²) in [4.78, 5) is 72.6. The summed E-state index contributed by atoms with van der Waals surface area (Å²) in [6.45, 7) is 4.28. The van der Waals surface area contributed by atoms with Crippen LogP contribution in [0.25, 0.3) is 5.65 Å². The zero-order valence-electron chi connectivity index (χ0n) is 35.1. The van der Waals surface area contributed by atoms with Gasteiger partial charge in [0.25, 0.3) is 5.91 Å². The number of aromatic nitrogens is 3. The van der Waals surface area contributed by atoms with Gasteiger partial charge in [-0.05, 0) is 87.1 Å². The first-order chi connectivity index (χ1) is 30.1. The fourth-order valence-electron chi connectivity index (χ4n) is 8.46. The Labute approximate surface area is 360 Å². The van der Waals surface area contributed by atoms with Crippen molar-refractivity contribution in [1.29, 1.82) is 0 Å². The number of carbonyl (C=O) groups excluding carboxylic acids is 5. The molecule has 0 saturated carbocycles. The molecule has 62 heavy (non-hydrogen) atoms. The third-order valence-corrected chi connectivity index (χ3v) is 11.9. The molecule has 0 bridgehead atoms. The molecule has 0 aliphatic carbocycles. The number of carbonyl (C=O) groups is 5. The maximum atomic E-state index is 14.6. The van der Waals surface area contributed by atoms with Crippen LogP contribution < -0.4 is 31.1 Å². The van der Waals surface area contributed by atoms with Gasteiger partial charge in [0.05, 0.1) is 12.2 Å². The predicted octanol–water partition coefficient (Wildman–Crippen LogP) is 5.27. The van der Waals surface area contributed by atoms with Crippen LogP contribution in [0.4, 0.5) is 26.0 Å². The number of hydrogen-bond acceptors (Lipinski definition) is 10. The maximum absolute atomic E-state index is 14.6. The van der Waals surface area contributed by atoms with Gasteiger partial charge >= 0.3 is 0 Å². The molecule has 5 amide bonds. The first kappa shape index (κ1) is 43.9. The van der Waals surface area contributed by atoms with Crippen molar-refractivity contribution < 1.29 is 32.8 Å². The van der Waals surface area contributed by atoms with Gasteiger partial charge in [-0.3, -0.25) is 29.3 Å². The van der Waals surface area contributed by atoms with Gasteiger partial charge in [-0.1, -0.05) is 25.7 Å². The molecule has 2 aromatic carbocycles. The number of nitrogens with one attached hydrogen (secondary N) is 4. The number of imide groups is 1. The summed E-state index contributed by atoms with van der Waals surface area (Å²) in [6, 6.07) is 12.4. The molecule has 17 heteroatoms. The highest BCUT2D eigenvalue weighted by Gasteiger charge is 2.31. The van der Waals surface area contributed by atoms with E-state index in [0.29, 0.717) is 88.3 Å². The molecule has 7 rings (SSSR count). The number of amides is 5. The van der Waals surface area contributed by atoms with Gasteiger partial charge in [0.2, 0.25) is 23.6 Å². The standard InChI is InChI=1S/C45H56F2N10O5/c46-31-12-17-36(47)34(29-31)38-9-7-23-56(38)39-20-24-57-43(52-39)35(30-50-57)44(61)49-22-8-21-48-40(58)10-5-3-1-2-4-6-11-42(60)55-27-25-54(26-28-55)33-15-13-32(14-16-33)51-37-18-19-41(59)53-45(37)62/h12-17,20,24,29-30,37-38,51H,1-11,18-19,21-23,25-28H2,(H,48,58)(H,49,61)(H,53,59,62)/t37?,38-/m1/s1. The fourth-order valence-corrected chi connectivity index (χ4v) is 8.46. The number of anilines is 3. The van der Waals surface area contributed by atoms with Crippen molar-refractivity contribution in [3.8, 4) is 0 Å². The van der Waals surface area contributed by atoms with Crippen molar-refractivity contribution in [2.75, 3.05) is 60.9 Å². The number of rotatable bonds is 19. The van der Waals surface area contributed by atoms with Crippen molar-refractivity contribution in [1.82, 2.24) is 35.4 Å². The minimum atomic E-state index is -0.495. The molecule has 2 atom stereocenters. The highest BCUT2D eigenvalue weighted by Crippen LogP contribution is 2.37. The molecule has 5 heterocycles. The summed E-state index contributed by atoms with van der Waals surface area (Å²) in [6.07, 6.45) is 12.6. The van der Waals surface area contributed by atoms with E-state index in [1.54, 1.807) is 12.3 Å². The Hall–Kier alpha value is -6.13. The van der Waals surface area contributed by atoms with Gasteiger partial charge in [-0.15, -0.1) is 0 Å². The highest BCUT2D eigenvalue weighted by atomic mass is 19.1. The summed E-state index contributed by atoms with van der Waals surface area (Å²) >= 11 is 0. The van der Waals surface area contributed by atoms with Crippen molar-refractivity contribution in [3.05, 3.63) is 83.7 Å². The molecule has 3 aliphatic rings. The quantitative estimate of drug-likeness (QED) is 0.0719. The molecule has 330 valence electrons. The number of benzene rings is 2. The van der Waals surface area contributed by atoms with E-state index >= 15 is 0 Å². The van der Waals surface area contributed by atoms with Crippen molar-refractivity contribution in [3.63, 3.8) is 0 Å². The van der Waals surface area contributed by atoms with E-state index in [1.165, 1.54) is 16.8 Å². The van der Waals surface area contributed by atoms with Gasteiger partial charge in [0.1, 0.15) is 29.1 Å². The topological polar surface area (TPSA) is 173 Å². The lowest BCUT2D eigenvalue weighted by molar-refractivity contribution is -0.134. The first-order valence-corrected chi connectivity index (χ1v) is 22.0. The lowest BCUT2D eigenvalue weighted by Crippen LogP contribution is -2.48. The van der Waals surface area contributed by atoms with E-state index in [4.69, 9.17) is 4.98 Å². The molecule has 3 fully saturated rings. The van der Waals surface area contributed by atoms with Crippen LogP contribution in [0.5, 0.6) is 0 Å². The van der Waals surface area contributed by atoms with E-state index in [-0.39, 0.29) is 41.1 Å². The highest BCUT2D eigenvalue weighted by molar-refractivity contribution is 6.01. The number of piperazine rings is 1. The molecule has 0 spiro atoms. The second-order valence-corrected chi connectivity index (χ2v) is 16.3. The summed E-state index contributed by atoms with van der Waals surface area (Å²) in [5.74, 6) is -1.09. The van der Waals surface area contributed by atoms with Gasteiger partial charge < -0.3 is 30.7 Å². The zero-order valence-corrected chi connectivity index (χ0v) is 35.1. The lowest BCUT2D eigenvalue weighted by atomic mass is 10.0. The van der Waals surface area contributed by atoms with E-state index in [9.17, 15) is 32.8 Å². The molecule has 4 N–H and O–H groups in total. The molecular formula is C45H56F2N10O5. The molecule has 15 nitrogen and oxygen atoms in total. The van der Waals surface area contributed by atoms with Crippen LogP contribution in [0, 0.1) is 11.6 Å². The number of hydrogen-bond donors (Lipinski definition) is 4. The summed E-state index contributed by atoms with van der Waals surface area (Å²) in [5, 5.41) is 15.6. The van der Waals surface area contributed by atoms with Crippen LogP contribution in [0.2, 0.25) is 0 Å². The van der Waals surface area contributed by atoms with Gasteiger partial charge in [0.15, 0.2) is 5.65 Å². The van der Waals surface area contributed by atoms with Crippen LogP contribution in [0.1, 0.15) is 105 Å². The minimum Gasteiger partial charge on any atom is -0.374 e. The van der Waals surface area contributed by atoms with E-state index < -0.39 is 17.7 Å². The number of halogens is 2. The van der Waals surface area contributed by atoms with E-state index in [0.717, 1.165) is 81.5 Å². The first-order valence-electron chi connectivity index (χ1n) is 22.0. The molecule has 1 unspecified atom stereocenters. The third-order valence-electron chi connectivity index (χ3n) is 11.9. The minimum absolute atomic E-state index is 0.0153. The Kier molecular flexibility index (Phi) is 15.0. The molecule has 3 saturated heterocycles. The normalized spacial score (nSPS) is 17.9. The summed E-state index contributed by atoms with van der Waals surface area (Å²) in [7, 11) is 0. The number of fused-ring (bicyclic) bond motifs is 1. The average Bonchev–Trinajstić information content (AvgIpc) is 3.94. The second-order valence-electron chi connectivity index (χ2n) is 16.3. The Bertz CT molecular complexity index is 2210. The van der Waals surface area contributed by atoms with E-state index in [1.807, 2.05) is 34.1 Å². The Morgan fingerprint density at radius 3 is 2.32 bits per heavy atom.